The van der Waals surface area contributed by atoms with Crippen LogP contribution in [0.3, 0.4) is 0 Å². The van der Waals surface area contributed by atoms with Crippen LogP contribution >= 0.6 is 0 Å². The van der Waals surface area contributed by atoms with Crippen molar-refractivity contribution in [1.29, 1.82) is 0 Å². The van der Waals surface area contributed by atoms with Gasteiger partial charge >= 0.3 is 0 Å². The fraction of sp³-hybridized carbons (Fsp3) is 1.00. The molecule has 2 rings (SSSR count). The first kappa shape index (κ1) is 11.4. The molecule has 0 saturated heterocycles. The predicted octanol–water partition coefficient (Wildman–Crippen LogP) is 2.44. The van der Waals surface area contributed by atoms with Crippen LogP contribution in [0.15, 0.2) is 0 Å². The molecule has 0 aromatic rings. The van der Waals surface area contributed by atoms with Crippen molar-refractivity contribution >= 4 is 0 Å². The van der Waals surface area contributed by atoms with Gasteiger partial charge in [-0.05, 0) is 50.9 Å². The summed E-state index contributed by atoms with van der Waals surface area (Å²) in [5.41, 5.74) is 0. The quantitative estimate of drug-likeness (QED) is 0.754. The fourth-order valence-corrected chi connectivity index (χ4v) is 3.49. The van der Waals surface area contributed by atoms with Gasteiger partial charge in [-0.3, -0.25) is 0 Å². The maximum Gasteiger partial charge on any atom is 0.0667 e. The van der Waals surface area contributed by atoms with Gasteiger partial charge in [0.25, 0.3) is 0 Å². The van der Waals surface area contributed by atoms with Crippen LogP contribution in [-0.4, -0.2) is 25.8 Å². The van der Waals surface area contributed by atoms with Gasteiger partial charge in [0.1, 0.15) is 0 Å². The Morgan fingerprint density at radius 1 is 1.27 bits per heavy atom. The highest BCUT2D eigenvalue weighted by molar-refractivity contribution is 4.94. The van der Waals surface area contributed by atoms with Crippen molar-refractivity contribution in [2.45, 2.75) is 51.7 Å². The van der Waals surface area contributed by atoms with Crippen LogP contribution in [0, 0.1) is 17.8 Å². The lowest BCUT2D eigenvalue weighted by Crippen LogP contribution is -2.40. The molecule has 0 aliphatic heterocycles. The molecule has 0 heterocycles. The zero-order valence-corrected chi connectivity index (χ0v) is 10.3. The Labute approximate surface area is 93.8 Å². The molecule has 2 aliphatic carbocycles. The van der Waals surface area contributed by atoms with E-state index in [2.05, 4.69) is 19.2 Å². The van der Waals surface area contributed by atoms with Crippen molar-refractivity contribution in [2.24, 2.45) is 17.8 Å². The molecule has 0 spiro atoms. The van der Waals surface area contributed by atoms with E-state index in [0.717, 1.165) is 24.3 Å². The number of rotatable bonds is 5. The highest BCUT2D eigenvalue weighted by atomic mass is 16.5. The largest absolute Gasteiger partial charge is 0.380 e. The summed E-state index contributed by atoms with van der Waals surface area (Å²) in [6.45, 7) is 5.47. The monoisotopic (exact) mass is 211 g/mol. The van der Waals surface area contributed by atoms with Crippen LogP contribution in [0.1, 0.15) is 39.5 Å². The number of hydrogen-bond donors (Lipinski definition) is 1. The molecule has 2 nitrogen and oxygen atoms in total. The van der Waals surface area contributed by atoms with Crippen LogP contribution in [0.2, 0.25) is 0 Å². The molecule has 15 heavy (non-hydrogen) atoms. The van der Waals surface area contributed by atoms with Gasteiger partial charge in [-0.1, -0.05) is 6.42 Å². The van der Waals surface area contributed by atoms with Gasteiger partial charge in [0.2, 0.25) is 0 Å². The van der Waals surface area contributed by atoms with E-state index >= 15 is 0 Å². The summed E-state index contributed by atoms with van der Waals surface area (Å²) in [5.74, 6) is 3.02. The van der Waals surface area contributed by atoms with Crippen molar-refractivity contribution < 1.29 is 4.74 Å². The molecular formula is C13H25NO. The van der Waals surface area contributed by atoms with Gasteiger partial charge in [-0.25, -0.2) is 0 Å². The summed E-state index contributed by atoms with van der Waals surface area (Å²) < 4.78 is 5.26. The minimum atomic E-state index is 0.339. The molecule has 2 bridgehead atoms. The number of hydrogen-bond acceptors (Lipinski definition) is 2. The van der Waals surface area contributed by atoms with Crippen LogP contribution in [0.4, 0.5) is 0 Å². The van der Waals surface area contributed by atoms with Crippen molar-refractivity contribution in [1.82, 2.24) is 5.32 Å². The molecule has 0 aromatic heterocycles. The second-order valence-corrected chi connectivity index (χ2v) is 5.58. The number of fused-ring (bicyclic) bond motifs is 2. The second kappa shape index (κ2) is 4.84. The standard InChI is InChI=1S/C13H25NO/c1-9(15-3)8-14-10(2)13-7-11-4-5-12(13)6-11/h9-14H,4-8H2,1-3H3. The molecule has 0 aromatic carbocycles. The third kappa shape index (κ3) is 2.54. The van der Waals surface area contributed by atoms with E-state index in [4.69, 9.17) is 4.74 Å². The molecule has 2 saturated carbocycles. The Hall–Kier alpha value is -0.0800. The second-order valence-electron chi connectivity index (χ2n) is 5.58. The highest BCUT2D eigenvalue weighted by Gasteiger charge is 2.41. The molecule has 88 valence electrons. The maximum atomic E-state index is 5.26. The molecular weight excluding hydrogens is 186 g/mol. The van der Waals surface area contributed by atoms with Crippen molar-refractivity contribution in [3.8, 4) is 0 Å². The Morgan fingerprint density at radius 2 is 2.07 bits per heavy atom. The zero-order chi connectivity index (χ0) is 10.8. The lowest BCUT2D eigenvalue weighted by atomic mass is 9.84. The summed E-state index contributed by atoms with van der Waals surface area (Å²) in [6, 6.07) is 0.679. The minimum absolute atomic E-state index is 0.339. The minimum Gasteiger partial charge on any atom is -0.380 e. The molecule has 5 atom stereocenters. The first-order valence-electron chi connectivity index (χ1n) is 6.47. The molecule has 2 heteroatoms. The van der Waals surface area contributed by atoms with Gasteiger partial charge in [-0.15, -0.1) is 0 Å². The fourth-order valence-electron chi connectivity index (χ4n) is 3.49. The third-order valence-corrected chi connectivity index (χ3v) is 4.56. The number of ether oxygens (including phenoxy) is 1. The van der Waals surface area contributed by atoms with E-state index in [9.17, 15) is 0 Å². The Balaban J connectivity index is 1.74. The first-order chi connectivity index (χ1) is 7.20. The topological polar surface area (TPSA) is 21.3 Å². The van der Waals surface area contributed by atoms with Gasteiger partial charge in [0.05, 0.1) is 6.10 Å². The van der Waals surface area contributed by atoms with Crippen LogP contribution < -0.4 is 5.32 Å². The number of methoxy groups -OCH3 is 1. The van der Waals surface area contributed by atoms with E-state index < -0.39 is 0 Å². The summed E-state index contributed by atoms with van der Waals surface area (Å²) in [4.78, 5) is 0. The predicted molar refractivity (Wildman–Crippen MR) is 62.9 cm³/mol. The summed E-state index contributed by atoms with van der Waals surface area (Å²) in [6.07, 6.45) is 6.31. The molecule has 2 aliphatic rings. The highest BCUT2D eigenvalue weighted by Crippen LogP contribution is 2.49. The zero-order valence-electron chi connectivity index (χ0n) is 10.3. The normalized spacial score (nSPS) is 38.2. The third-order valence-electron chi connectivity index (χ3n) is 4.56. The maximum absolute atomic E-state index is 5.26. The van der Waals surface area contributed by atoms with E-state index in [-0.39, 0.29) is 0 Å². The number of nitrogens with one attached hydrogen (secondary N) is 1. The Morgan fingerprint density at radius 3 is 2.60 bits per heavy atom. The van der Waals surface area contributed by atoms with Gasteiger partial charge < -0.3 is 10.1 Å². The van der Waals surface area contributed by atoms with Crippen molar-refractivity contribution in [3.05, 3.63) is 0 Å². The van der Waals surface area contributed by atoms with Crippen LogP contribution in [-0.2, 0) is 4.74 Å². The van der Waals surface area contributed by atoms with Crippen molar-refractivity contribution in [2.75, 3.05) is 13.7 Å². The average Bonchev–Trinajstić information content (AvgIpc) is 2.86. The first-order valence-corrected chi connectivity index (χ1v) is 6.47. The van der Waals surface area contributed by atoms with Gasteiger partial charge in [0.15, 0.2) is 0 Å². The lowest BCUT2D eigenvalue weighted by Gasteiger charge is -2.29. The Kier molecular flexibility index (Phi) is 3.68. The van der Waals surface area contributed by atoms with E-state index in [1.165, 1.54) is 25.7 Å². The van der Waals surface area contributed by atoms with E-state index in [1.54, 1.807) is 7.11 Å². The average molecular weight is 211 g/mol. The van der Waals surface area contributed by atoms with Gasteiger partial charge in [0, 0.05) is 19.7 Å². The SMILES string of the molecule is COC(C)CNC(C)C1CC2CCC1C2. The van der Waals surface area contributed by atoms with Crippen LogP contribution in [0.25, 0.3) is 0 Å². The van der Waals surface area contributed by atoms with Crippen LogP contribution in [0.5, 0.6) is 0 Å². The molecule has 0 radical (unpaired) electrons. The molecule has 1 N–H and O–H groups in total. The summed E-state index contributed by atoms with van der Waals surface area (Å²) in [5, 5.41) is 3.64. The Bertz CT molecular complexity index is 207. The van der Waals surface area contributed by atoms with Crippen molar-refractivity contribution in [3.63, 3.8) is 0 Å². The smallest absolute Gasteiger partial charge is 0.0667 e. The lowest BCUT2D eigenvalue weighted by molar-refractivity contribution is 0.109. The molecule has 5 unspecified atom stereocenters. The van der Waals surface area contributed by atoms with E-state index in [0.29, 0.717) is 12.1 Å². The molecule has 0 amide bonds. The van der Waals surface area contributed by atoms with Gasteiger partial charge in [-0.2, -0.15) is 0 Å². The summed E-state index contributed by atoms with van der Waals surface area (Å²) in [7, 11) is 1.79. The summed E-state index contributed by atoms with van der Waals surface area (Å²) >= 11 is 0. The van der Waals surface area contributed by atoms with E-state index in [1.807, 2.05) is 0 Å². The molecule has 2 fully saturated rings.